The van der Waals surface area contributed by atoms with E-state index in [1.807, 2.05) is 0 Å². The predicted octanol–water partition coefficient (Wildman–Crippen LogP) is 3.58. The van der Waals surface area contributed by atoms with Crippen molar-refractivity contribution < 1.29 is 23.5 Å². The van der Waals surface area contributed by atoms with E-state index in [2.05, 4.69) is 9.97 Å². The van der Waals surface area contributed by atoms with Crippen LogP contribution in [0.2, 0.25) is 0 Å². The van der Waals surface area contributed by atoms with Crippen molar-refractivity contribution in [1.82, 2.24) is 14.9 Å². The maximum atomic E-state index is 13.9. The van der Waals surface area contributed by atoms with Crippen molar-refractivity contribution in [2.45, 2.75) is 13.0 Å². The number of fused-ring (bicyclic) bond motifs is 1. The Morgan fingerprint density at radius 1 is 1.33 bits per heavy atom. The first-order valence-electron chi connectivity index (χ1n) is 10.3. The molecule has 1 atom stereocenters. The third-order valence-corrected chi connectivity index (χ3v) is 5.40. The molecule has 170 valence electrons. The van der Waals surface area contributed by atoms with Crippen molar-refractivity contribution in [1.29, 1.82) is 0 Å². The molecule has 1 aliphatic heterocycles. The van der Waals surface area contributed by atoms with Gasteiger partial charge in [-0.2, -0.15) is 0 Å². The number of nitrogens with zero attached hydrogens (tertiary/aromatic N) is 4. The van der Waals surface area contributed by atoms with Gasteiger partial charge in [0.1, 0.15) is 11.9 Å². The van der Waals surface area contributed by atoms with Gasteiger partial charge in [0, 0.05) is 31.0 Å². The van der Waals surface area contributed by atoms with Gasteiger partial charge in [0.25, 0.3) is 0 Å². The molecule has 2 amide bonds. The predicted molar refractivity (Wildman–Crippen MR) is 122 cm³/mol. The lowest BCUT2D eigenvalue weighted by molar-refractivity contribution is -0.125. The second-order valence-corrected chi connectivity index (χ2v) is 7.72. The number of hydrogen-bond acceptors (Lipinski definition) is 6. The summed E-state index contributed by atoms with van der Waals surface area (Å²) in [5.74, 6) is -0.203. The van der Waals surface area contributed by atoms with Crippen LogP contribution in [0.25, 0.3) is 17.1 Å². The Balaban J connectivity index is 1.42. The summed E-state index contributed by atoms with van der Waals surface area (Å²) in [6, 6.07) is 9.86. The van der Waals surface area contributed by atoms with E-state index in [4.69, 9.17) is 9.47 Å². The number of ether oxygens (including phenoxy) is 2. The minimum atomic E-state index is -0.567. The van der Waals surface area contributed by atoms with Crippen molar-refractivity contribution in [3.05, 3.63) is 65.6 Å². The molecule has 8 nitrogen and oxygen atoms in total. The summed E-state index contributed by atoms with van der Waals surface area (Å²) < 4.78 is 24.4. The normalized spacial score (nSPS) is 15.8. The number of halogens is 1. The highest BCUT2D eigenvalue weighted by atomic mass is 19.1. The molecule has 3 heterocycles. The maximum absolute atomic E-state index is 13.9. The van der Waals surface area contributed by atoms with Crippen LogP contribution in [0.5, 0.6) is 5.88 Å². The SMILES string of the molecule is COc1ccc2nccc(/C=C/C(=O)N(C)C[C@H]3CN(c4ccc(C)c(F)c4)C(=O)O3)c2n1. The summed E-state index contributed by atoms with van der Waals surface area (Å²) in [4.78, 5) is 36.4. The van der Waals surface area contributed by atoms with Crippen molar-refractivity contribution in [3.63, 3.8) is 0 Å². The standard InChI is InChI=1S/C24H23FN4O4/c1-15-4-6-17(12-19(15)25)29-14-18(33-24(29)31)13-28(2)22(30)9-5-16-10-11-26-20-7-8-21(32-3)27-23(16)20/h4-12,18H,13-14H2,1-3H3/b9-5+/t18-/m0/s1. The van der Waals surface area contributed by atoms with Gasteiger partial charge in [-0.15, -0.1) is 0 Å². The van der Waals surface area contributed by atoms with Gasteiger partial charge in [-0.3, -0.25) is 14.7 Å². The third kappa shape index (κ3) is 4.77. The van der Waals surface area contributed by atoms with Crippen LogP contribution >= 0.6 is 0 Å². The van der Waals surface area contributed by atoms with Crippen LogP contribution in [0.15, 0.2) is 48.7 Å². The number of cyclic esters (lactones) is 1. The topological polar surface area (TPSA) is 84.9 Å². The van der Waals surface area contributed by atoms with Crippen LogP contribution in [-0.4, -0.2) is 60.2 Å². The first-order chi connectivity index (χ1) is 15.9. The molecule has 1 saturated heterocycles. The molecule has 0 spiro atoms. The summed E-state index contributed by atoms with van der Waals surface area (Å²) in [6.07, 6.45) is 3.64. The minimum absolute atomic E-state index is 0.197. The van der Waals surface area contributed by atoms with Crippen molar-refractivity contribution >= 4 is 34.8 Å². The summed E-state index contributed by atoms with van der Waals surface area (Å²) in [7, 11) is 3.16. The Hall–Kier alpha value is -4.01. The lowest BCUT2D eigenvalue weighted by atomic mass is 10.2. The molecule has 1 aliphatic rings. The Morgan fingerprint density at radius 3 is 2.91 bits per heavy atom. The highest BCUT2D eigenvalue weighted by Gasteiger charge is 2.33. The molecule has 0 aliphatic carbocycles. The quantitative estimate of drug-likeness (QED) is 0.534. The van der Waals surface area contributed by atoms with E-state index < -0.39 is 18.0 Å². The number of likely N-dealkylation sites (N-methyl/N-ethyl adjacent to an activating group) is 1. The Morgan fingerprint density at radius 2 is 2.15 bits per heavy atom. The number of benzene rings is 1. The molecule has 9 heteroatoms. The highest BCUT2D eigenvalue weighted by molar-refractivity contribution is 5.95. The summed E-state index contributed by atoms with van der Waals surface area (Å²) >= 11 is 0. The summed E-state index contributed by atoms with van der Waals surface area (Å²) in [5, 5.41) is 0. The fourth-order valence-electron chi connectivity index (χ4n) is 3.54. The zero-order valence-corrected chi connectivity index (χ0v) is 18.5. The smallest absolute Gasteiger partial charge is 0.414 e. The molecule has 1 aromatic carbocycles. The molecule has 0 saturated carbocycles. The number of rotatable bonds is 6. The molecule has 33 heavy (non-hydrogen) atoms. The number of aromatic nitrogens is 2. The number of anilines is 1. The Kier molecular flexibility index (Phi) is 6.21. The number of aryl methyl sites for hydroxylation is 1. The largest absolute Gasteiger partial charge is 0.481 e. The first-order valence-corrected chi connectivity index (χ1v) is 10.3. The zero-order valence-electron chi connectivity index (χ0n) is 18.5. The fraction of sp³-hybridized carbons (Fsp3) is 0.250. The van der Waals surface area contributed by atoms with Gasteiger partial charge in [-0.05, 0) is 42.8 Å². The summed E-state index contributed by atoms with van der Waals surface area (Å²) in [5.41, 5.74) is 2.95. The van der Waals surface area contributed by atoms with Crippen LogP contribution in [0.3, 0.4) is 0 Å². The van der Waals surface area contributed by atoms with E-state index in [0.29, 0.717) is 28.2 Å². The molecule has 3 aromatic rings. The van der Waals surface area contributed by atoms with Gasteiger partial charge in [-0.25, -0.2) is 14.2 Å². The van der Waals surface area contributed by atoms with E-state index in [1.165, 1.54) is 29.1 Å². The van der Waals surface area contributed by atoms with Gasteiger partial charge in [0.05, 0.1) is 36.9 Å². The Labute approximate surface area is 190 Å². The van der Waals surface area contributed by atoms with E-state index in [9.17, 15) is 14.0 Å². The molecule has 0 unspecified atom stereocenters. The van der Waals surface area contributed by atoms with Gasteiger partial charge in [0.2, 0.25) is 11.8 Å². The van der Waals surface area contributed by atoms with Crippen LogP contribution < -0.4 is 9.64 Å². The van der Waals surface area contributed by atoms with Crippen LogP contribution in [-0.2, 0) is 9.53 Å². The fourth-order valence-corrected chi connectivity index (χ4v) is 3.54. The monoisotopic (exact) mass is 450 g/mol. The molecule has 1 fully saturated rings. The number of carbonyl (C=O) groups is 2. The number of pyridine rings is 2. The molecule has 0 bridgehead atoms. The van der Waals surface area contributed by atoms with E-state index in [-0.39, 0.29) is 19.0 Å². The second kappa shape index (κ2) is 9.23. The van der Waals surface area contributed by atoms with Gasteiger partial charge in [0.15, 0.2) is 0 Å². The van der Waals surface area contributed by atoms with E-state index in [1.54, 1.807) is 56.6 Å². The number of methoxy groups -OCH3 is 1. The molecular formula is C24H23FN4O4. The lowest BCUT2D eigenvalue weighted by Gasteiger charge is -2.18. The lowest BCUT2D eigenvalue weighted by Crippen LogP contribution is -2.35. The van der Waals surface area contributed by atoms with Gasteiger partial charge < -0.3 is 14.4 Å². The van der Waals surface area contributed by atoms with Gasteiger partial charge in [-0.1, -0.05) is 6.07 Å². The third-order valence-electron chi connectivity index (χ3n) is 5.40. The van der Waals surface area contributed by atoms with Crippen molar-refractivity contribution in [3.8, 4) is 5.88 Å². The molecule has 2 aromatic heterocycles. The molecule has 0 radical (unpaired) electrons. The van der Waals surface area contributed by atoms with Crippen molar-refractivity contribution in [2.24, 2.45) is 0 Å². The number of amides is 2. The molecule has 0 N–H and O–H groups in total. The average Bonchev–Trinajstić information content (AvgIpc) is 3.18. The highest BCUT2D eigenvalue weighted by Crippen LogP contribution is 2.24. The summed E-state index contributed by atoms with van der Waals surface area (Å²) in [6.45, 7) is 2.07. The zero-order chi connectivity index (χ0) is 23.5. The molecule has 4 rings (SSSR count). The van der Waals surface area contributed by atoms with Crippen LogP contribution in [0.1, 0.15) is 11.1 Å². The second-order valence-electron chi connectivity index (χ2n) is 7.72. The van der Waals surface area contributed by atoms with Crippen LogP contribution in [0.4, 0.5) is 14.9 Å². The number of hydrogen-bond donors (Lipinski definition) is 0. The van der Waals surface area contributed by atoms with E-state index in [0.717, 1.165) is 5.56 Å². The number of carbonyl (C=O) groups excluding carboxylic acids is 2. The van der Waals surface area contributed by atoms with Crippen LogP contribution in [0, 0.1) is 12.7 Å². The maximum Gasteiger partial charge on any atom is 0.414 e. The van der Waals surface area contributed by atoms with Crippen molar-refractivity contribution in [2.75, 3.05) is 32.1 Å². The average molecular weight is 450 g/mol. The Bertz CT molecular complexity index is 1250. The first kappa shape index (κ1) is 22.2. The van der Waals surface area contributed by atoms with E-state index >= 15 is 0 Å². The van der Waals surface area contributed by atoms with Gasteiger partial charge >= 0.3 is 6.09 Å². The molecular weight excluding hydrogens is 427 g/mol. The minimum Gasteiger partial charge on any atom is -0.481 e.